The Labute approximate surface area is 134 Å². The fraction of sp³-hybridized carbons (Fsp3) is 0.467. The maximum Gasteiger partial charge on any atom is 0.238 e. The maximum absolute atomic E-state index is 11.9. The number of nitrogens with one attached hydrogen (secondary N) is 2. The molecular formula is C15H22BrN3O2. The smallest absolute Gasteiger partial charge is 0.238 e. The molecule has 0 fully saturated rings. The molecule has 0 saturated heterocycles. The highest BCUT2D eigenvalue weighted by atomic mass is 79.9. The van der Waals surface area contributed by atoms with E-state index in [1.807, 2.05) is 39.0 Å². The number of hydrogen-bond donors (Lipinski definition) is 2. The number of carbonyl (C=O) groups excluding carboxylic acids is 2. The lowest BCUT2D eigenvalue weighted by atomic mass is 10.2. The van der Waals surface area contributed by atoms with Crippen molar-refractivity contribution in [1.29, 1.82) is 0 Å². The van der Waals surface area contributed by atoms with Gasteiger partial charge in [-0.15, -0.1) is 0 Å². The molecule has 0 aliphatic rings. The van der Waals surface area contributed by atoms with Gasteiger partial charge in [-0.1, -0.05) is 22.0 Å². The normalized spacial score (nSPS) is 10.8. The molecule has 2 N–H and O–H groups in total. The highest BCUT2D eigenvalue weighted by Crippen LogP contribution is 2.20. The van der Waals surface area contributed by atoms with Gasteiger partial charge in [-0.25, -0.2) is 0 Å². The van der Waals surface area contributed by atoms with Crippen LogP contribution in [0.3, 0.4) is 0 Å². The first kappa shape index (κ1) is 17.7. The Hall–Kier alpha value is -1.40. The van der Waals surface area contributed by atoms with Gasteiger partial charge in [0, 0.05) is 16.2 Å². The molecule has 0 saturated carbocycles. The third-order valence-electron chi connectivity index (χ3n) is 2.73. The zero-order chi connectivity index (χ0) is 16.0. The topological polar surface area (TPSA) is 61.4 Å². The summed E-state index contributed by atoms with van der Waals surface area (Å²) in [6.07, 6.45) is 0. The molecule has 0 unspecified atom stereocenters. The molecule has 0 atom stereocenters. The second-order valence-corrected chi connectivity index (χ2v) is 6.26. The van der Waals surface area contributed by atoms with Crippen molar-refractivity contribution in [3.8, 4) is 0 Å². The number of anilines is 1. The molecule has 2 amide bonds. The van der Waals surface area contributed by atoms with E-state index in [-0.39, 0.29) is 30.9 Å². The summed E-state index contributed by atoms with van der Waals surface area (Å²) in [5, 5.41) is 5.60. The fourth-order valence-electron chi connectivity index (χ4n) is 1.78. The van der Waals surface area contributed by atoms with E-state index in [4.69, 9.17) is 0 Å². The van der Waals surface area contributed by atoms with Crippen LogP contribution in [0.25, 0.3) is 0 Å². The van der Waals surface area contributed by atoms with Gasteiger partial charge < -0.3 is 10.6 Å². The van der Waals surface area contributed by atoms with Crippen LogP contribution in [0.5, 0.6) is 0 Å². The average Bonchev–Trinajstić information content (AvgIpc) is 2.32. The average molecular weight is 356 g/mol. The third kappa shape index (κ3) is 6.73. The highest BCUT2D eigenvalue weighted by molar-refractivity contribution is 9.10. The first-order valence-electron chi connectivity index (χ1n) is 6.82. The molecule has 0 aliphatic heterocycles. The Morgan fingerprint density at radius 1 is 1.24 bits per heavy atom. The van der Waals surface area contributed by atoms with E-state index in [1.165, 1.54) is 0 Å². The largest absolute Gasteiger partial charge is 0.353 e. The first-order chi connectivity index (χ1) is 9.77. The molecule has 5 nitrogen and oxygen atoms in total. The number of aryl methyl sites for hydroxylation is 1. The number of halogens is 1. The second kappa shape index (κ2) is 8.14. The van der Waals surface area contributed by atoms with Crippen molar-refractivity contribution in [2.75, 3.05) is 25.5 Å². The van der Waals surface area contributed by atoms with E-state index < -0.39 is 0 Å². The van der Waals surface area contributed by atoms with Crippen molar-refractivity contribution in [2.24, 2.45) is 0 Å². The molecule has 0 heterocycles. The van der Waals surface area contributed by atoms with Crippen molar-refractivity contribution < 1.29 is 9.59 Å². The van der Waals surface area contributed by atoms with Crippen molar-refractivity contribution >= 4 is 33.4 Å². The molecule has 0 aromatic heterocycles. The molecule has 0 aliphatic carbocycles. The molecule has 21 heavy (non-hydrogen) atoms. The van der Waals surface area contributed by atoms with Crippen molar-refractivity contribution in [2.45, 2.75) is 26.8 Å². The molecular weight excluding hydrogens is 334 g/mol. The highest BCUT2D eigenvalue weighted by Gasteiger charge is 2.11. The summed E-state index contributed by atoms with van der Waals surface area (Å²) < 4.78 is 0.949. The Morgan fingerprint density at radius 3 is 2.43 bits per heavy atom. The summed E-state index contributed by atoms with van der Waals surface area (Å²) in [5.74, 6) is -0.232. The number of amides is 2. The number of likely N-dealkylation sites (N-methyl/N-ethyl adjacent to an activating group) is 1. The van der Waals surface area contributed by atoms with Crippen LogP contribution in [0, 0.1) is 6.92 Å². The molecule has 1 aromatic carbocycles. The van der Waals surface area contributed by atoms with Crippen LogP contribution in [-0.2, 0) is 9.59 Å². The molecule has 0 bridgehead atoms. The van der Waals surface area contributed by atoms with Gasteiger partial charge in [-0.2, -0.15) is 0 Å². The Kier molecular flexibility index (Phi) is 6.84. The lowest BCUT2D eigenvalue weighted by Gasteiger charge is -2.17. The predicted molar refractivity (Wildman–Crippen MR) is 88.3 cm³/mol. The van der Waals surface area contributed by atoms with Crippen LogP contribution >= 0.6 is 15.9 Å². The van der Waals surface area contributed by atoms with Gasteiger partial charge in [-0.3, -0.25) is 14.5 Å². The van der Waals surface area contributed by atoms with E-state index >= 15 is 0 Å². The van der Waals surface area contributed by atoms with Gasteiger partial charge in [0.05, 0.1) is 13.1 Å². The summed E-state index contributed by atoms with van der Waals surface area (Å²) in [5.41, 5.74) is 1.84. The number of rotatable bonds is 6. The summed E-state index contributed by atoms with van der Waals surface area (Å²) in [4.78, 5) is 25.2. The lowest BCUT2D eigenvalue weighted by molar-refractivity contribution is -0.123. The van der Waals surface area contributed by atoms with Gasteiger partial charge in [0.1, 0.15) is 0 Å². The van der Waals surface area contributed by atoms with Crippen molar-refractivity contribution in [3.05, 3.63) is 28.2 Å². The Bertz CT molecular complexity index is 518. The molecule has 116 valence electrons. The maximum atomic E-state index is 11.9. The van der Waals surface area contributed by atoms with Crippen molar-refractivity contribution in [1.82, 2.24) is 10.2 Å². The molecule has 0 spiro atoms. The van der Waals surface area contributed by atoms with Crippen LogP contribution in [0.15, 0.2) is 22.7 Å². The van der Waals surface area contributed by atoms with E-state index in [0.717, 1.165) is 15.7 Å². The third-order valence-corrected chi connectivity index (χ3v) is 3.59. The van der Waals surface area contributed by atoms with Crippen molar-refractivity contribution in [3.63, 3.8) is 0 Å². The summed E-state index contributed by atoms with van der Waals surface area (Å²) >= 11 is 3.43. The first-order valence-corrected chi connectivity index (χ1v) is 7.61. The number of carbonyl (C=O) groups is 2. The van der Waals surface area contributed by atoms with E-state index in [2.05, 4.69) is 26.6 Å². The van der Waals surface area contributed by atoms with Gasteiger partial charge in [0.2, 0.25) is 11.8 Å². The van der Waals surface area contributed by atoms with Crippen LogP contribution in [-0.4, -0.2) is 42.9 Å². The van der Waals surface area contributed by atoms with Gasteiger partial charge in [-0.05, 0) is 45.5 Å². The van der Waals surface area contributed by atoms with Crippen LogP contribution in [0.1, 0.15) is 19.4 Å². The lowest BCUT2D eigenvalue weighted by Crippen LogP contribution is -2.41. The zero-order valence-electron chi connectivity index (χ0n) is 12.9. The standard InChI is InChI=1S/C15H22BrN3O2/c1-10(2)17-14(20)8-19(4)9-15(21)18-12-6-5-11(3)13(16)7-12/h5-7,10H,8-9H2,1-4H3,(H,17,20)(H,18,21). The van der Waals surface area contributed by atoms with Crippen LogP contribution in [0.2, 0.25) is 0 Å². The number of hydrogen-bond acceptors (Lipinski definition) is 3. The van der Waals surface area contributed by atoms with Gasteiger partial charge in [0.15, 0.2) is 0 Å². The van der Waals surface area contributed by atoms with E-state index in [1.54, 1.807) is 11.9 Å². The summed E-state index contributed by atoms with van der Waals surface area (Å²) in [6, 6.07) is 5.74. The minimum absolute atomic E-state index is 0.0848. The SMILES string of the molecule is Cc1ccc(NC(=O)CN(C)CC(=O)NC(C)C)cc1Br. The molecule has 1 aromatic rings. The quantitative estimate of drug-likeness (QED) is 0.821. The second-order valence-electron chi connectivity index (χ2n) is 5.41. The predicted octanol–water partition coefficient (Wildman–Crippen LogP) is 2.15. The molecule has 0 radical (unpaired) electrons. The van der Waals surface area contributed by atoms with E-state index in [0.29, 0.717) is 0 Å². The van der Waals surface area contributed by atoms with Crippen LogP contribution in [0.4, 0.5) is 5.69 Å². The molecule has 1 rings (SSSR count). The minimum atomic E-state index is -0.148. The van der Waals surface area contributed by atoms with Gasteiger partial charge >= 0.3 is 0 Å². The molecule has 6 heteroatoms. The van der Waals surface area contributed by atoms with Crippen LogP contribution < -0.4 is 10.6 Å². The summed E-state index contributed by atoms with van der Waals surface area (Å²) in [7, 11) is 1.74. The van der Waals surface area contributed by atoms with Gasteiger partial charge in [0.25, 0.3) is 0 Å². The summed E-state index contributed by atoms with van der Waals surface area (Å²) in [6.45, 7) is 6.15. The Morgan fingerprint density at radius 2 is 1.86 bits per heavy atom. The minimum Gasteiger partial charge on any atom is -0.353 e. The number of benzene rings is 1. The van der Waals surface area contributed by atoms with E-state index in [9.17, 15) is 9.59 Å². The monoisotopic (exact) mass is 355 g/mol. The Balaban J connectivity index is 2.45. The number of nitrogens with zero attached hydrogens (tertiary/aromatic N) is 1. The zero-order valence-corrected chi connectivity index (χ0v) is 14.5. The fourth-order valence-corrected chi connectivity index (χ4v) is 2.16.